The minimum absolute atomic E-state index is 0.116. The second kappa shape index (κ2) is 11.5. The van der Waals surface area contributed by atoms with Crippen molar-refractivity contribution in [3.63, 3.8) is 0 Å². The summed E-state index contributed by atoms with van der Waals surface area (Å²) < 4.78 is 22.6. The smallest absolute Gasteiger partial charge is 0.464 e. The van der Waals surface area contributed by atoms with Crippen molar-refractivity contribution in [2.45, 2.75) is 55.6 Å². The lowest BCUT2D eigenvalue weighted by Crippen LogP contribution is -2.42. The molecule has 1 aliphatic carbocycles. The number of likely N-dealkylation sites (N-methyl/N-ethyl adjacent to an activating group) is 1. The Labute approximate surface area is 218 Å². The lowest BCUT2D eigenvalue weighted by atomic mass is 9.92. The summed E-state index contributed by atoms with van der Waals surface area (Å²) in [6.45, 7) is -0.506. The second-order valence-corrected chi connectivity index (χ2v) is 9.73. The third-order valence-corrected chi connectivity index (χ3v) is 7.04. The summed E-state index contributed by atoms with van der Waals surface area (Å²) in [7, 11) is 3.32. The molecule has 1 saturated heterocycles. The number of aliphatic hydroxyl groups is 2. The third-order valence-electron chi connectivity index (χ3n) is 7.04. The van der Waals surface area contributed by atoms with E-state index in [0.29, 0.717) is 18.0 Å². The second-order valence-electron chi connectivity index (χ2n) is 9.73. The van der Waals surface area contributed by atoms with Crippen molar-refractivity contribution in [1.82, 2.24) is 19.5 Å². The molecule has 4 rings (SSSR count). The number of anilines is 1. The Balaban J connectivity index is 1.34. The first kappa shape index (κ1) is 27.5. The van der Waals surface area contributed by atoms with E-state index in [0.717, 1.165) is 25.7 Å². The molecule has 2 aliphatic rings. The maximum atomic E-state index is 12.5. The lowest BCUT2D eigenvalue weighted by molar-refractivity contribution is -0.152. The summed E-state index contributed by atoms with van der Waals surface area (Å²) in [4.78, 5) is 30.2. The van der Waals surface area contributed by atoms with Gasteiger partial charge in [0.1, 0.15) is 55.5 Å². The van der Waals surface area contributed by atoms with Gasteiger partial charge < -0.3 is 34.9 Å². The first-order valence-electron chi connectivity index (χ1n) is 12.3. The number of aliphatic hydroxyl groups excluding tert-OH is 2. The highest BCUT2D eigenvalue weighted by Crippen LogP contribution is 2.40. The average molecular weight is 533 g/mol. The summed E-state index contributed by atoms with van der Waals surface area (Å²) in [6.07, 6.45) is -0.152. The number of fused-ring (bicyclic) bond motifs is 1. The van der Waals surface area contributed by atoms with Crippen LogP contribution in [0.5, 0.6) is 0 Å². The van der Waals surface area contributed by atoms with Gasteiger partial charge in [0, 0.05) is 0 Å². The molecule has 0 unspecified atom stereocenters. The van der Waals surface area contributed by atoms with Gasteiger partial charge in [0.15, 0.2) is 5.82 Å². The van der Waals surface area contributed by atoms with Crippen LogP contribution in [0.3, 0.4) is 0 Å². The number of hydrogen-bond acceptors (Lipinski definition) is 13. The van der Waals surface area contributed by atoms with Gasteiger partial charge >= 0.3 is 12.1 Å². The minimum atomic E-state index is -2.02. The molecule has 1 aliphatic heterocycles. The lowest BCUT2D eigenvalue weighted by Gasteiger charge is -2.24. The number of aromatic nitrogens is 3. The Morgan fingerprint density at radius 1 is 1.26 bits per heavy atom. The first-order chi connectivity index (χ1) is 18.2. The van der Waals surface area contributed by atoms with E-state index < -0.39 is 48.7 Å². The molecule has 0 amide bonds. The van der Waals surface area contributed by atoms with E-state index in [1.807, 2.05) is 6.07 Å². The van der Waals surface area contributed by atoms with Crippen molar-refractivity contribution in [1.29, 1.82) is 5.26 Å². The van der Waals surface area contributed by atoms with E-state index in [-0.39, 0.29) is 18.1 Å². The number of nitrogens with zero attached hydrogens (tertiary/aromatic N) is 5. The standard InChI is InChI=1S/C24H32N6O8/c1-29(2)16(22(33)35-9-14-5-3-4-6-14)10-36-23(34)37-11-17-19(31)20(32)24(12-25,38-17)18-8-7-15-21(26)27-13-28-30(15)18/h7-8,13-14,16-17,19-20,31-32H,3-6,9-11H2,1-2H3,(H2,26,27,28)/t16-,17+,19+,20+,24-/m0/s1. The Bertz CT molecular complexity index is 1190. The van der Waals surface area contributed by atoms with Crippen LogP contribution in [-0.2, 0) is 29.3 Å². The molecule has 0 spiro atoms. The van der Waals surface area contributed by atoms with E-state index in [1.54, 1.807) is 25.1 Å². The maximum absolute atomic E-state index is 12.5. The van der Waals surface area contributed by atoms with Crippen LogP contribution in [0.2, 0.25) is 0 Å². The van der Waals surface area contributed by atoms with Crippen LogP contribution in [0.25, 0.3) is 5.52 Å². The Morgan fingerprint density at radius 3 is 2.68 bits per heavy atom. The van der Waals surface area contributed by atoms with E-state index in [4.69, 9.17) is 24.7 Å². The largest absolute Gasteiger partial charge is 0.508 e. The Morgan fingerprint density at radius 2 is 2.00 bits per heavy atom. The number of hydrogen-bond donors (Lipinski definition) is 3. The van der Waals surface area contributed by atoms with Gasteiger partial charge in [-0.05, 0) is 45.0 Å². The van der Waals surface area contributed by atoms with Crippen molar-refractivity contribution in [3.05, 3.63) is 24.2 Å². The molecule has 1 saturated carbocycles. The minimum Gasteiger partial charge on any atom is -0.464 e. The van der Waals surface area contributed by atoms with Crippen LogP contribution < -0.4 is 5.73 Å². The van der Waals surface area contributed by atoms with Crippen LogP contribution in [0.15, 0.2) is 18.5 Å². The van der Waals surface area contributed by atoms with Crippen LogP contribution in [0, 0.1) is 17.2 Å². The van der Waals surface area contributed by atoms with Crippen molar-refractivity contribution in [3.8, 4) is 6.07 Å². The van der Waals surface area contributed by atoms with E-state index >= 15 is 0 Å². The summed E-state index contributed by atoms with van der Waals surface area (Å²) in [5, 5.41) is 35.3. The van der Waals surface area contributed by atoms with Gasteiger partial charge in [0.25, 0.3) is 0 Å². The molecule has 2 aromatic heterocycles. The summed E-state index contributed by atoms with van der Waals surface area (Å²) in [5.41, 5.74) is 4.31. The zero-order chi connectivity index (χ0) is 27.4. The molecule has 0 aromatic carbocycles. The van der Waals surface area contributed by atoms with Crippen LogP contribution in [0.4, 0.5) is 10.6 Å². The number of nitrogen functional groups attached to an aromatic ring is 1. The molecular weight excluding hydrogens is 500 g/mol. The zero-order valence-corrected chi connectivity index (χ0v) is 21.2. The Kier molecular flexibility index (Phi) is 8.32. The van der Waals surface area contributed by atoms with Crippen molar-refractivity contribution < 1.29 is 38.7 Å². The fourth-order valence-electron chi connectivity index (χ4n) is 4.79. The van der Waals surface area contributed by atoms with E-state index in [9.17, 15) is 25.1 Å². The molecule has 4 N–H and O–H groups in total. The van der Waals surface area contributed by atoms with Crippen molar-refractivity contribution in [2.75, 3.05) is 39.6 Å². The molecule has 38 heavy (non-hydrogen) atoms. The number of carbonyl (C=O) groups is 2. The molecule has 0 radical (unpaired) electrons. The number of nitrogens with two attached hydrogens (primary N) is 1. The SMILES string of the molecule is CN(C)[C@@H](COC(=O)OC[C@H]1O[C@@](C#N)(c2ccc3c(N)ncnn23)[C@H](O)[C@@H]1O)C(=O)OCC1CCCC1. The highest BCUT2D eigenvalue weighted by Gasteiger charge is 2.58. The highest BCUT2D eigenvalue weighted by molar-refractivity contribution is 5.76. The monoisotopic (exact) mass is 532 g/mol. The fourth-order valence-corrected chi connectivity index (χ4v) is 4.79. The fraction of sp³-hybridized carbons (Fsp3) is 0.625. The quantitative estimate of drug-likeness (QED) is 0.365. The van der Waals surface area contributed by atoms with Crippen LogP contribution >= 0.6 is 0 Å². The molecule has 14 nitrogen and oxygen atoms in total. The van der Waals surface area contributed by atoms with Crippen molar-refractivity contribution in [2.24, 2.45) is 5.92 Å². The van der Waals surface area contributed by atoms with Gasteiger partial charge in [0.05, 0.1) is 12.3 Å². The molecular formula is C24H32N6O8. The molecule has 2 fully saturated rings. The van der Waals surface area contributed by atoms with Gasteiger partial charge in [0.2, 0.25) is 5.60 Å². The van der Waals surface area contributed by atoms with Crippen LogP contribution in [0.1, 0.15) is 31.4 Å². The number of carbonyl (C=O) groups excluding carboxylic acids is 2. The number of ether oxygens (including phenoxy) is 4. The third kappa shape index (κ3) is 5.37. The maximum Gasteiger partial charge on any atom is 0.508 e. The molecule has 14 heteroatoms. The summed E-state index contributed by atoms with van der Waals surface area (Å²) >= 11 is 0. The van der Waals surface area contributed by atoms with Gasteiger partial charge in [-0.3, -0.25) is 9.69 Å². The van der Waals surface area contributed by atoms with Crippen LogP contribution in [-0.4, -0.2) is 100 Å². The first-order valence-corrected chi connectivity index (χ1v) is 12.3. The highest BCUT2D eigenvalue weighted by atomic mass is 16.7. The molecule has 206 valence electrons. The van der Waals surface area contributed by atoms with Gasteiger partial charge in [-0.2, -0.15) is 10.4 Å². The molecule has 2 aromatic rings. The van der Waals surface area contributed by atoms with Crippen molar-refractivity contribution >= 4 is 23.5 Å². The normalized spacial score (nSPS) is 26.4. The predicted octanol–water partition coefficient (Wildman–Crippen LogP) is -0.0322. The summed E-state index contributed by atoms with van der Waals surface area (Å²) in [6, 6.07) is 4.10. The molecule has 3 heterocycles. The Hall–Kier alpha value is -3.51. The van der Waals surface area contributed by atoms with Gasteiger partial charge in [-0.1, -0.05) is 12.8 Å². The molecule has 0 bridgehead atoms. The van der Waals surface area contributed by atoms with Gasteiger partial charge in [-0.25, -0.2) is 14.3 Å². The summed E-state index contributed by atoms with van der Waals surface area (Å²) in [5.74, 6) is -0.000526. The van der Waals surface area contributed by atoms with E-state index in [2.05, 4.69) is 10.1 Å². The number of nitriles is 1. The number of esters is 1. The van der Waals surface area contributed by atoms with E-state index in [1.165, 1.54) is 16.9 Å². The average Bonchev–Trinajstić information content (AvgIpc) is 3.62. The molecule has 5 atom stereocenters. The topological polar surface area (TPSA) is 195 Å². The zero-order valence-electron chi connectivity index (χ0n) is 21.2. The van der Waals surface area contributed by atoms with Gasteiger partial charge in [-0.15, -0.1) is 0 Å². The predicted molar refractivity (Wildman–Crippen MR) is 129 cm³/mol. The number of rotatable bonds is 9.